The Balaban J connectivity index is 2.29. The predicted molar refractivity (Wildman–Crippen MR) is 278 cm³/mol. The molecule has 12 nitrogen and oxygen atoms in total. The minimum atomic E-state index is -2.64. The van der Waals surface area contributed by atoms with Crippen LogP contribution in [-0.2, 0) is 19.2 Å². The molecule has 0 radical (unpaired) electrons. The van der Waals surface area contributed by atoms with Crippen molar-refractivity contribution in [1.29, 1.82) is 0 Å². The van der Waals surface area contributed by atoms with Crippen molar-refractivity contribution in [2.75, 3.05) is 0 Å². The summed E-state index contributed by atoms with van der Waals surface area (Å²) in [7, 11) is 0. The van der Waals surface area contributed by atoms with Crippen LogP contribution in [0.25, 0.3) is 0 Å². The quantitative estimate of drug-likeness (QED) is 0.0479. The van der Waals surface area contributed by atoms with Gasteiger partial charge in [-0.05, 0) is 198 Å². The largest absolute Gasteiger partial charge is 0.481 e. The summed E-state index contributed by atoms with van der Waals surface area (Å²) < 4.78 is 0. The highest BCUT2D eigenvalue weighted by Crippen LogP contribution is 2.74. The SMILES string of the molecule is CC(C)CCCCCCCCCCC(C(=O)O)(C1CC(C)(C)NC(C)(C)C1)C(C(=O)O)(C1CC(C)(C)NC(C)(C)C1)C(C(=O)O)(C1CC(C)(C)NC(C)(C)C1)C(C(=O)O)C1CC(C)(C)NC(C)(C)C1. The predicted octanol–water partition coefficient (Wildman–Crippen LogP) is 11.7. The zero-order valence-corrected chi connectivity index (χ0v) is 47.1. The fourth-order valence-corrected chi connectivity index (χ4v) is 17.5. The number of carbonyl (C=O) groups is 4. The van der Waals surface area contributed by atoms with Gasteiger partial charge in [0.1, 0.15) is 10.8 Å². The third-order valence-corrected chi connectivity index (χ3v) is 17.5. The Morgan fingerprint density at radius 1 is 0.435 bits per heavy atom. The molecule has 0 saturated carbocycles. The van der Waals surface area contributed by atoms with Gasteiger partial charge in [0.2, 0.25) is 0 Å². The lowest BCUT2D eigenvalue weighted by molar-refractivity contribution is -0.257. The highest BCUT2D eigenvalue weighted by Gasteiger charge is 2.83. The number of rotatable bonds is 22. The highest BCUT2D eigenvalue weighted by molar-refractivity contribution is 5.97. The summed E-state index contributed by atoms with van der Waals surface area (Å²) >= 11 is 0. The lowest BCUT2D eigenvalue weighted by Crippen LogP contribution is -2.79. The van der Waals surface area contributed by atoms with E-state index in [1.165, 1.54) is 19.3 Å². The smallest absolute Gasteiger partial charge is 0.312 e. The van der Waals surface area contributed by atoms with Crippen LogP contribution in [-0.4, -0.2) is 88.6 Å². The number of aliphatic carboxylic acids is 4. The molecule has 8 N–H and O–H groups in total. The van der Waals surface area contributed by atoms with E-state index in [0.29, 0.717) is 18.8 Å². The van der Waals surface area contributed by atoms with E-state index >= 15 is 19.2 Å². The number of carboxylic acids is 4. The van der Waals surface area contributed by atoms with E-state index in [-0.39, 0.29) is 57.8 Å². The van der Waals surface area contributed by atoms with Gasteiger partial charge in [-0.2, -0.15) is 0 Å². The van der Waals surface area contributed by atoms with Crippen LogP contribution in [0.2, 0.25) is 0 Å². The van der Waals surface area contributed by atoms with Crippen LogP contribution in [0.15, 0.2) is 0 Å². The van der Waals surface area contributed by atoms with Crippen molar-refractivity contribution in [2.24, 2.45) is 51.8 Å². The normalized spacial score (nSPS) is 27.6. The van der Waals surface area contributed by atoms with Crippen molar-refractivity contribution in [1.82, 2.24) is 21.3 Å². The molecule has 0 bridgehead atoms. The number of hydrogen-bond donors (Lipinski definition) is 8. The number of piperidine rings is 4. The molecule has 0 aromatic carbocycles. The lowest BCUT2D eigenvalue weighted by atomic mass is 9.32. The Kier molecular flexibility index (Phi) is 17.7. The Hall–Kier alpha value is -2.28. The van der Waals surface area contributed by atoms with Crippen LogP contribution in [0.1, 0.15) is 240 Å². The first kappa shape index (κ1) is 59.3. The van der Waals surface area contributed by atoms with E-state index in [9.17, 15) is 20.4 Å². The molecule has 4 aliphatic rings. The van der Waals surface area contributed by atoms with E-state index in [2.05, 4.69) is 35.1 Å². The standard InChI is InChI=1S/C57H104N4O8/c1-37(2)27-25-23-21-19-20-22-24-26-28-55(44(64)65,39-31-49(7,8)59-50(9,10)32-39)57(46(68)69,41-35-53(15,16)61-54(17,18)36-41)56(45(66)67,40-33-51(11,12)60-52(13,14)34-40)42(43(62)63)38-29-47(3,4)58-48(5,6)30-38/h37-42,58-61H,19-36H2,1-18H3,(H,62,63)(H,64,65)(H,66,67)(H,68,69). The van der Waals surface area contributed by atoms with Gasteiger partial charge in [0.05, 0.1) is 11.3 Å². The minimum Gasteiger partial charge on any atom is -0.481 e. The van der Waals surface area contributed by atoms with Crippen LogP contribution in [0.5, 0.6) is 0 Å². The summed E-state index contributed by atoms with van der Waals surface area (Å²) in [6.45, 7) is 36.7. The first-order valence-corrected chi connectivity index (χ1v) is 27.2. The summed E-state index contributed by atoms with van der Waals surface area (Å²) in [5, 5.41) is 66.7. The third-order valence-electron chi connectivity index (χ3n) is 17.5. The fourth-order valence-electron chi connectivity index (χ4n) is 17.5. The molecular weight excluding hydrogens is 869 g/mol. The van der Waals surface area contributed by atoms with E-state index in [0.717, 1.165) is 25.7 Å². The number of nitrogens with one attached hydrogen (secondary N) is 4. The molecule has 69 heavy (non-hydrogen) atoms. The Morgan fingerprint density at radius 2 is 0.754 bits per heavy atom. The van der Waals surface area contributed by atoms with Crippen molar-refractivity contribution in [2.45, 2.75) is 285 Å². The van der Waals surface area contributed by atoms with Crippen molar-refractivity contribution in [3.63, 3.8) is 0 Å². The maximum atomic E-state index is 16.4. The zero-order valence-electron chi connectivity index (χ0n) is 47.1. The van der Waals surface area contributed by atoms with Gasteiger partial charge < -0.3 is 41.7 Å². The molecule has 0 aromatic rings. The third kappa shape index (κ3) is 12.9. The van der Waals surface area contributed by atoms with Crippen molar-refractivity contribution < 1.29 is 39.6 Å². The molecule has 4 heterocycles. The van der Waals surface area contributed by atoms with E-state index < -0.39 is 114 Å². The van der Waals surface area contributed by atoms with Crippen LogP contribution in [0, 0.1) is 51.8 Å². The fraction of sp³-hybridized carbons (Fsp3) is 0.930. The van der Waals surface area contributed by atoms with Gasteiger partial charge in [-0.25, -0.2) is 0 Å². The van der Waals surface area contributed by atoms with E-state index in [1.807, 2.05) is 111 Å². The van der Waals surface area contributed by atoms with Crippen LogP contribution >= 0.6 is 0 Å². The molecule has 4 fully saturated rings. The minimum absolute atomic E-state index is 0.0764. The summed E-state index contributed by atoms with van der Waals surface area (Å²) in [6.07, 6.45) is 10.2. The zero-order chi connectivity index (χ0) is 52.8. The Morgan fingerprint density at radius 3 is 1.07 bits per heavy atom. The molecule has 4 rings (SSSR count). The van der Waals surface area contributed by atoms with Gasteiger partial charge in [-0.3, -0.25) is 19.2 Å². The van der Waals surface area contributed by atoms with Crippen molar-refractivity contribution in [3.05, 3.63) is 0 Å². The molecule has 4 saturated heterocycles. The highest BCUT2D eigenvalue weighted by atomic mass is 16.4. The average Bonchev–Trinajstić information content (AvgIpc) is 3.08. The molecular formula is C57H104N4O8. The topological polar surface area (TPSA) is 197 Å². The summed E-state index contributed by atoms with van der Waals surface area (Å²) in [4.78, 5) is 63.6. The van der Waals surface area contributed by atoms with Gasteiger partial charge in [0.25, 0.3) is 0 Å². The number of carboxylic acid groups (broad SMARTS) is 4. The molecule has 4 atom stereocenters. The average molecular weight is 973 g/mol. The van der Waals surface area contributed by atoms with E-state index in [1.54, 1.807) is 0 Å². The van der Waals surface area contributed by atoms with Gasteiger partial charge in [-0.15, -0.1) is 0 Å². The van der Waals surface area contributed by atoms with Crippen LogP contribution in [0.3, 0.4) is 0 Å². The summed E-state index contributed by atoms with van der Waals surface area (Å²) in [6, 6.07) is 0. The Bertz CT molecular complexity index is 1770. The maximum Gasteiger partial charge on any atom is 0.312 e. The molecule has 0 aliphatic carbocycles. The molecule has 0 aromatic heterocycles. The number of unbranched alkanes of at least 4 members (excludes halogenated alkanes) is 7. The number of hydrogen-bond acceptors (Lipinski definition) is 8. The van der Waals surface area contributed by atoms with Crippen LogP contribution < -0.4 is 21.3 Å². The van der Waals surface area contributed by atoms with Gasteiger partial charge in [0.15, 0.2) is 0 Å². The molecule has 4 unspecified atom stereocenters. The first-order valence-electron chi connectivity index (χ1n) is 27.2. The van der Waals surface area contributed by atoms with Gasteiger partial charge in [-0.1, -0.05) is 71.6 Å². The Labute approximate surface area is 419 Å². The molecule has 0 spiro atoms. The first-order chi connectivity index (χ1) is 31.1. The molecule has 4 aliphatic heterocycles. The van der Waals surface area contributed by atoms with Crippen molar-refractivity contribution >= 4 is 23.9 Å². The molecule has 12 heteroatoms. The monoisotopic (exact) mass is 973 g/mol. The van der Waals surface area contributed by atoms with Gasteiger partial charge >= 0.3 is 23.9 Å². The second-order valence-corrected chi connectivity index (χ2v) is 29.2. The summed E-state index contributed by atoms with van der Waals surface area (Å²) in [5.74, 6) is -10.5. The molecule has 400 valence electrons. The second-order valence-electron chi connectivity index (χ2n) is 29.2. The van der Waals surface area contributed by atoms with Gasteiger partial charge in [0, 0.05) is 44.3 Å². The maximum absolute atomic E-state index is 16.4. The van der Waals surface area contributed by atoms with Crippen molar-refractivity contribution in [3.8, 4) is 0 Å². The lowest BCUT2D eigenvalue weighted by Gasteiger charge is -2.69. The van der Waals surface area contributed by atoms with E-state index in [4.69, 9.17) is 0 Å². The summed E-state index contributed by atoms with van der Waals surface area (Å²) in [5.41, 5.74) is -13.2. The van der Waals surface area contributed by atoms with Crippen LogP contribution in [0.4, 0.5) is 0 Å². The molecule has 0 amide bonds. The second kappa shape index (κ2) is 20.6.